The molecule has 1 aromatic carbocycles. The molecule has 3 aliphatic rings. The van der Waals surface area contributed by atoms with Gasteiger partial charge in [0.25, 0.3) is 0 Å². The summed E-state index contributed by atoms with van der Waals surface area (Å²) >= 11 is 0. The fourth-order valence-electron chi connectivity index (χ4n) is 6.67. The normalized spacial score (nSPS) is 23.0. The Balaban J connectivity index is 1.61. The van der Waals surface area contributed by atoms with Crippen LogP contribution in [-0.2, 0) is 14.3 Å². The maximum Gasteiger partial charge on any atom is 0.329 e. The minimum absolute atomic E-state index is 0.00141. The number of nitrogens with zero attached hydrogens (tertiary/aromatic N) is 1. The molecule has 6 heteroatoms. The van der Waals surface area contributed by atoms with Gasteiger partial charge in [-0.3, -0.25) is 4.79 Å². The smallest absolute Gasteiger partial charge is 0.329 e. The van der Waals surface area contributed by atoms with Crippen LogP contribution in [0.2, 0.25) is 0 Å². The summed E-state index contributed by atoms with van der Waals surface area (Å²) in [5.41, 5.74) is 1.94. The molecule has 4 rings (SSSR count). The third kappa shape index (κ3) is 6.18. The predicted octanol–water partition coefficient (Wildman–Crippen LogP) is 6.32. The summed E-state index contributed by atoms with van der Waals surface area (Å²) in [4.78, 5) is 29.7. The van der Waals surface area contributed by atoms with Crippen LogP contribution >= 0.6 is 0 Å². The van der Waals surface area contributed by atoms with E-state index in [1.165, 1.54) is 19.3 Å². The molecule has 3 fully saturated rings. The van der Waals surface area contributed by atoms with Gasteiger partial charge < -0.3 is 19.1 Å². The third-order valence-corrected chi connectivity index (χ3v) is 8.58. The van der Waals surface area contributed by atoms with Gasteiger partial charge in [-0.1, -0.05) is 38.2 Å². The van der Waals surface area contributed by atoms with Crippen LogP contribution in [-0.4, -0.2) is 49.7 Å². The summed E-state index contributed by atoms with van der Waals surface area (Å²) in [7, 11) is 3.29. The molecule has 36 heavy (non-hydrogen) atoms. The standard InChI is InChI=1S/C30H45NO5/c1-21-19-23(20-26(34-2)28(21)35-3)27(22-13-7-6-8-14-22)29(32)31-18-12-11-17-25(31)30(33)36-24-15-9-4-5-10-16-24/h19-20,22,24-25,27H,4-18H2,1-3H3/t25-,27-/m0/s1. The summed E-state index contributed by atoms with van der Waals surface area (Å²) in [5.74, 6) is 1.24. The van der Waals surface area contributed by atoms with Gasteiger partial charge in [-0.2, -0.15) is 0 Å². The maximum atomic E-state index is 14.4. The van der Waals surface area contributed by atoms with Crippen LogP contribution in [0.1, 0.15) is 107 Å². The molecule has 1 aliphatic heterocycles. The Labute approximate surface area is 217 Å². The highest BCUT2D eigenvalue weighted by atomic mass is 16.5. The number of piperidine rings is 1. The second kappa shape index (κ2) is 12.8. The lowest BCUT2D eigenvalue weighted by atomic mass is 9.75. The number of aryl methyl sites for hydroxylation is 1. The van der Waals surface area contributed by atoms with Crippen molar-refractivity contribution in [1.29, 1.82) is 0 Å². The van der Waals surface area contributed by atoms with Gasteiger partial charge in [0, 0.05) is 6.54 Å². The fourth-order valence-corrected chi connectivity index (χ4v) is 6.67. The van der Waals surface area contributed by atoms with Gasteiger partial charge in [-0.25, -0.2) is 4.79 Å². The number of ether oxygens (including phenoxy) is 3. The molecule has 0 aromatic heterocycles. The van der Waals surface area contributed by atoms with Gasteiger partial charge in [0.15, 0.2) is 11.5 Å². The van der Waals surface area contributed by atoms with Gasteiger partial charge in [-0.15, -0.1) is 0 Å². The largest absolute Gasteiger partial charge is 0.493 e. The number of hydrogen-bond donors (Lipinski definition) is 0. The van der Waals surface area contributed by atoms with Gasteiger partial charge in [0.1, 0.15) is 12.1 Å². The van der Waals surface area contributed by atoms with E-state index in [1.54, 1.807) is 14.2 Å². The summed E-state index contributed by atoms with van der Waals surface area (Å²) in [6, 6.07) is 3.59. The summed E-state index contributed by atoms with van der Waals surface area (Å²) in [6.07, 6.45) is 14.7. The first-order valence-corrected chi connectivity index (χ1v) is 14.3. The molecule has 0 radical (unpaired) electrons. The highest BCUT2D eigenvalue weighted by Crippen LogP contribution is 2.42. The third-order valence-electron chi connectivity index (χ3n) is 8.58. The summed E-state index contributed by atoms with van der Waals surface area (Å²) in [5, 5.41) is 0. The lowest BCUT2D eigenvalue weighted by Crippen LogP contribution is -2.51. The molecular weight excluding hydrogens is 454 g/mol. The Morgan fingerprint density at radius 3 is 2.14 bits per heavy atom. The highest BCUT2D eigenvalue weighted by molar-refractivity contribution is 5.89. The molecule has 1 aromatic rings. The van der Waals surface area contributed by atoms with E-state index in [2.05, 4.69) is 6.07 Å². The molecule has 0 N–H and O–H groups in total. The van der Waals surface area contributed by atoms with E-state index in [1.807, 2.05) is 17.9 Å². The minimum atomic E-state index is -0.471. The Bertz CT molecular complexity index is 886. The Morgan fingerprint density at radius 2 is 1.47 bits per heavy atom. The van der Waals surface area contributed by atoms with Crippen molar-refractivity contribution in [2.45, 2.75) is 115 Å². The van der Waals surface area contributed by atoms with Gasteiger partial charge >= 0.3 is 5.97 Å². The maximum absolute atomic E-state index is 14.4. The number of likely N-dealkylation sites (tertiary alicyclic amines) is 1. The molecule has 2 atom stereocenters. The lowest BCUT2D eigenvalue weighted by Gasteiger charge is -2.39. The SMILES string of the molecule is COc1cc([C@@H](C(=O)N2CCCC[C@H]2C(=O)OC2CCCCCC2)C2CCCCC2)cc(C)c1OC. The topological polar surface area (TPSA) is 65.1 Å². The van der Waals surface area contributed by atoms with Crippen LogP contribution in [0.4, 0.5) is 0 Å². The first-order valence-electron chi connectivity index (χ1n) is 14.3. The van der Waals surface area contributed by atoms with Gasteiger partial charge in [-0.05, 0) is 87.8 Å². The van der Waals surface area contributed by atoms with Crippen LogP contribution < -0.4 is 9.47 Å². The van der Waals surface area contributed by atoms with Crippen LogP contribution in [0.5, 0.6) is 11.5 Å². The molecule has 1 amide bonds. The quantitative estimate of drug-likeness (QED) is 0.324. The van der Waals surface area contributed by atoms with Crippen molar-refractivity contribution in [3.05, 3.63) is 23.3 Å². The first kappa shape index (κ1) is 26.8. The number of methoxy groups -OCH3 is 2. The Hall–Kier alpha value is -2.24. The van der Waals surface area contributed by atoms with E-state index < -0.39 is 6.04 Å². The number of hydrogen-bond acceptors (Lipinski definition) is 5. The van der Waals surface area contributed by atoms with Gasteiger partial charge in [0.2, 0.25) is 5.91 Å². The second-order valence-corrected chi connectivity index (χ2v) is 11.0. The zero-order valence-corrected chi connectivity index (χ0v) is 22.6. The Morgan fingerprint density at radius 1 is 0.833 bits per heavy atom. The number of carbonyl (C=O) groups is 2. The zero-order chi connectivity index (χ0) is 25.5. The van der Waals surface area contributed by atoms with Crippen LogP contribution in [0.25, 0.3) is 0 Å². The summed E-state index contributed by atoms with van der Waals surface area (Å²) < 4.78 is 17.3. The molecule has 1 heterocycles. The first-order chi connectivity index (χ1) is 17.5. The number of esters is 1. The number of benzene rings is 1. The number of carbonyl (C=O) groups excluding carboxylic acids is 2. The minimum Gasteiger partial charge on any atom is -0.493 e. The van der Waals surface area contributed by atoms with Crippen molar-refractivity contribution in [2.24, 2.45) is 5.92 Å². The molecule has 200 valence electrons. The van der Waals surface area contributed by atoms with Crippen molar-refractivity contribution in [2.75, 3.05) is 20.8 Å². The molecule has 0 unspecified atom stereocenters. The van der Waals surface area contributed by atoms with Crippen molar-refractivity contribution in [1.82, 2.24) is 4.90 Å². The van der Waals surface area contributed by atoms with Crippen molar-refractivity contribution < 1.29 is 23.8 Å². The van der Waals surface area contributed by atoms with E-state index in [0.29, 0.717) is 24.5 Å². The summed E-state index contributed by atoms with van der Waals surface area (Å²) in [6.45, 7) is 2.62. The van der Waals surface area contributed by atoms with E-state index in [9.17, 15) is 9.59 Å². The van der Waals surface area contributed by atoms with E-state index in [0.717, 1.165) is 75.3 Å². The highest BCUT2D eigenvalue weighted by Gasteiger charge is 2.41. The molecule has 0 bridgehead atoms. The van der Waals surface area contributed by atoms with Crippen LogP contribution in [0.15, 0.2) is 12.1 Å². The van der Waals surface area contributed by atoms with Crippen LogP contribution in [0.3, 0.4) is 0 Å². The molecule has 0 spiro atoms. The van der Waals surface area contributed by atoms with Crippen molar-refractivity contribution in [3.8, 4) is 11.5 Å². The molecule has 2 saturated carbocycles. The number of amides is 1. The second-order valence-electron chi connectivity index (χ2n) is 11.0. The Kier molecular flexibility index (Phi) is 9.55. The molecule has 2 aliphatic carbocycles. The van der Waals surface area contributed by atoms with E-state index in [-0.39, 0.29) is 29.8 Å². The van der Waals surface area contributed by atoms with Crippen LogP contribution in [0, 0.1) is 12.8 Å². The lowest BCUT2D eigenvalue weighted by molar-refractivity contribution is -0.162. The molecule has 6 nitrogen and oxygen atoms in total. The monoisotopic (exact) mass is 499 g/mol. The molecule has 1 saturated heterocycles. The molecular formula is C30H45NO5. The fraction of sp³-hybridized carbons (Fsp3) is 0.733. The predicted molar refractivity (Wildman–Crippen MR) is 141 cm³/mol. The number of rotatable bonds is 7. The van der Waals surface area contributed by atoms with E-state index in [4.69, 9.17) is 14.2 Å². The van der Waals surface area contributed by atoms with E-state index >= 15 is 0 Å². The average molecular weight is 500 g/mol. The van der Waals surface area contributed by atoms with Crippen molar-refractivity contribution in [3.63, 3.8) is 0 Å². The van der Waals surface area contributed by atoms with Crippen molar-refractivity contribution >= 4 is 11.9 Å². The average Bonchev–Trinajstić information content (AvgIpc) is 3.17. The van der Waals surface area contributed by atoms with Gasteiger partial charge in [0.05, 0.1) is 20.1 Å². The zero-order valence-electron chi connectivity index (χ0n) is 22.6.